The van der Waals surface area contributed by atoms with Crippen molar-refractivity contribution in [2.24, 2.45) is 5.73 Å². The predicted molar refractivity (Wildman–Crippen MR) is 70.9 cm³/mol. The number of benzene rings is 1. The molecular weight excluding hydrogens is 307 g/mol. The van der Waals surface area contributed by atoms with Crippen molar-refractivity contribution in [1.82, 2.24) is 4.72 Å². The Morgan fingerprint density at radius 2 is 1.90 bits per heavy atom. The minimum absolute atomic E-state index is 0.111. The molecule has 0 saturated heterocycles. The van der Waals surface area contributed by atoms with E-state index in [9.17, 15) is 21.2 Å². The van der Waals surface area contributed by atoms with Gasteiger partial charge in [-0.05, 0) is 31.0 Å². The van der Waals surface area contributed by atoms with Crippen LogP contribution in [0.1, 0.15) is 12.8 Å². The highest BCUT2D eigenvalue weighted by Gasteiger charge is 2.45. The van der Waals surface area contributed by atoms with Gasteiger partial charge < -0.3 is 5.73 Å². The standard InChI is InChI=1S/C11H15FN2O4S2/c1-19(15,16)8-2-3-9(12)10(6-8)20(17,18)14-11(7-13)4-5-11/h2-3,6,14H,4-5,7,13H2,1H3. The van der Waals surface area contributed by atoms with Gasteiger partial charge >= 0.3 is 0 Å². The zero-order valence-electron chi connectivity index (χ0n) is 10.8. The molecule has 0 radical (unpaired) electrons. The lowest BCUT2D eigenvalue weighted by Gasteiger charge is -2.15. The average Bonchev–Trinajstić information content (AvgIpc) is 3.07. The lowest BCUT2D eigenvalue weighted by atomic mass is 10.3. The van der Waals surface area contributed by atoms with Gasteiger partial charge in [-0.3, -0.25) is 0 Å². The van der Waals surface area contributed by atoms with Gasteiger partial charge in [-0.1, -0.05) is 0 Å². The van der Waals surface area contributed by atoms with Crippen LogP contribution in [0.4, 0.5) is 4.39 Å². The first kappa shape index (κ1) is 15.4. The Bertz CT molecular complexity index is 740. The van der Waals surface area contributed by atoms with Crippen molar-refractivity contribution in [2.75, 3.05) is 12.8 Å². The zero-order valence-corrected chi connectivity index (χ0v) is 12.4. The van der Waals surface area contributed by atoms with E-state index in [0.29, 0.717) is 12.8 Å². The van der Waals surface area contributed by atoms with Crippen molar-refractivity contribution in [3.05, 3.63) is 24.0 Å². The molecule has 1 aromatic rings. The summed E-state index contributed by atoms with van der Waals surface area (Å²) in [7, 11) is -7.77. The van der Waals surface area contributed by atoms with E-state index in [1.165, 1.54) is 0 Å². The van der Waals surface area contributed by atoms with E-state index in [4.69, 9.17) is 5.73 Å². The molecule has 6 nitrogen and oxygen atoms in total. The number of sulfone groups is 1. The van der Waals surface area contributed by atoms with Gasteiger partial charge in [-0.25, -0.2) is 25.9 Å². The van der Waals surface area contributed by atoms with Gasteiger partial charge in [0.05, 0.1) is 4.90 Å². The quantitative estimate of drug-likeness (QED) is 0.742. The Hall–Kier alpha value is -1.03. The molecule has 1 saturated carbocycles. The summed E-state index contributed by atoms with van der Waals surface area (Å²) in [5.41, 5.74) is 4.74. The third-order valence-electron chi connectivity index (χ3n) is 3.22. The maximum atomic E-state index is 13.7. The highest BCUT2D eigenvalue weighted by atomic mass is 32.2. The van der Waals surface area contributed by atoms with Crippen LogP contribution in [-0.2, 0) is 19.9 Å². The molecular formula is C11H15FN2O4S2. The maximum Gasteiger partial charge on any atom is 0.244 e. The van der Waals surface area contributed by atoms with Crippen molar-refractivity contribution < 1.29 is 21.2 Å². The van der Waals surface area contributed by atoms with E-state index < -0.39 is 36.1 Å². The minimum atomic E-state index is -4.15. The van der Waals surface area contributed by atoms with Crippen molar-refractivity contribution in [3.8, 4) is 0 Å². The molecule has 0 heterocycles. The SMILES string of the molecule is CS(=O)(=O)c1ccc(F)c(S(=O)(=O)NC2(CN)CC2)c1. The van der Waals surface area contributed by atoms with Gasteiger partial charge in [0, 0.05) is 18.3 Å². The highest BCUT2D eigenvalue weighted by Crippen LogP contribution is 2.36. The second kappa shape index (κ2) is 4.76. The summed E-state index contributed by atoms with van der Waals surface area (Å²) in [6, 6.07) is 2.67. The first-order valence-electron chi connectivity index (χ1n) is 5.83. The third-order valence-corrected chi connectivity index (χ3v) is 5.92. The second-order valence-corrected chi connectivity index (χ2v) is 8.62. The van der Waals surface area contributed by atoms with Gasteiger partial charge in [0.2, 0.25) is 10.0 Å². The van der Waals surface area contributed by atoms with E-state index in [0.717, 1.165) is 24.5 Å². The molecule has 0 aromatic heterocycles. The molecule has 0 spiro atoms. The van der Waals surface area contributed by atoms with Crippen LogP contribution in [0.15, 0.2) is 28.0 Å². The molecule has 1 aliphatic rings. The Labute approximate surface area is 117 Å². The number of sulfonamides is 1. The number of hydrogen-bond donors (Lipinski definition) is 2. The number of rotatable bonds is 5. The van der Waals surface area contributed by atoms with E-state index in [2.05, 4.69) is 4.72 Å². The number of hydrogen-bond acceptors (Lipinski definition) is 5. The van der Waals surface area contributed by atoms with Gasteiger partial charge in [-0.2, -0.15) is 0 Å². The number of halogens is 1. The van der Waals surface area contributed by atoms with Crippen LogP contribution in [0, 0.1) is 5.82 Å². The average molecular weight is 322 g/mol. The van der Waals surface area contributed by atoms with Crippen LogP contribution in [0.3, 0.4) is 0 Å². The van der Waals surface area contributed by atoms with Gasteiger partial charge in [0.1, 0.15) is 10.7 Å². The molecule has 20 heavy (non-hydrogen) atoms. The van der Waals surface area contributed by atoms with E-state index >= 15 is 0 Å². The summed E-state index contributed by atoms with van der Waals surface area (Å²) in [5.74, 6) is -1.00. The monoisotopic (exact) mass is 322 g/mol. The Morgan fingerprint density at radius 1 is 1.30 bits per heavy atom. The van der Waals surface area contributed by atoms with Crippen LogP contribution in [0.5, 0.6) is 0 Å². The Balaban J connectivity index is 2.46. The highest BCUT2D eigenvalue weighted by molar-refractivity contribution is 7.91. The summed E-state index contributed by atoms with van der Waals surface area (Å²) >= 11 is 0. The van der Waals surface area contributed by atoms with Gasteiger partial charge in [-0.15, -0.1) is 0 Å². The van der Waals surface area contributed by atoms with Crippen molar-refractivity contribution >= 4 is 19.9 Å². The smallest absolute Gasteiger partial charge is 0.244 e. The fourth-order valence-electron chi connectivity index (χ4n) is 1.76. The second-order valence-electron chi connectivity index (χ2n) is 4.95. The lowest BCUT2D eigenvalue weighted by Crippen LogP contribution is -2.42. The number of nitrogens with two attached hydrogens (primary N) is 1. The molecule has 1 fully saturated rings. The molecule has 0 bridgehead atoms. The maximum absolute atomic E-state index is 13.7. The molecule has 0 unspecified atom stereocenters. The van der Waals surface area contributed by atoms with Crippen LogP contribution in [-0.4, -0.2) is 35.2 Å². The van der Waals surface area contributed by atoms with Gasteiger partial charge in [0.15, 0.2) is 9.84 Å². The lowest BCUT2D eigenvalue weighted by molar-refractivity contribution is 0.530. The summed E-state index contributed by atoms with van der Waals surface area (Å²) in [6.45, 7) is 0.111. The topological polar surface area (TPSA) is 106 Å². The summed E-state index contributed by atoms with van der Waals surface area (Å²) in [6.07, 6.45) is 2.08. The van der Waals surface area contributed by atoms with Crippen molar-refractivity contribution in [1.29, 1.82) is 0 Å². The molecule has 1 aliphatic carbocycles. The Morgan fingerprint density at radius 3 is 2.35 bits per heavy atom. The molecule has 9 heteroatoms. The van der Waals surface area contributed by atoms with Crippen LogP contribution >= 0.6 is 0 Å². The summed E-state index contributed by atoms with van der Waals surface area (Å²) in [5, 5.41) is 0. The van der Waals surface area contributed by atoms with Crippen LogP contribution < -0.4 is 10.5 Å². The molecule has 0 atom stereocenters. The Kier molecular flexibility index (Phi) is 3.66. The van der Waals surface area contributed by atoms with Crippen molar-refractivity contribution in [2.45, 2.75) is 28.2 Å². The first-order valence-corrected chi connectivity index (χ1v) is 9.21. The summed E-state index contributed by atoms with van der Waals surface area (Å²) in [4.78, 5) is -0.933. The normalized spacial score (nSPS) is 17.9. The largest absolute Gasteiger partial charge is 0.329 e. The minimum Gasteiger partial charge on any atom is -0.329 e. The molecule has 1 aromatic carbocycles. The molecule has 0 amide bonds. The predicted octanol–water partition coefficient (Wildman–Crippen LogP) is -0.00120. The molecule has 2 rings (SSSR count). The van der Waals surface area contributed by atoms with Crippen molar-refractivity contribution in [3.63, 3.8) is 0 Å². The van der Waals surface area contributed by atoms with Crippen LogP contribution in [0.25, 0.3) is 0 Å². The molecule has 3 N–H and O–H groups in total. The van der Waals surface area contributed by atoms with Crippen LogP contribution in [0.2, 0.25) is 0 Å². The van der Waals surface area contributed by atoms with E-state index in [-0.39, 0.29) is 11.4 Å². The third kappa shape index (κ3) is 3.00. The van der Waals surface area contributed by atoms with E-state index in [1.54, 1.807) is 0 Å². The van der Waals surface area contributed by atoms with E-state index in [1.807, 2.05) is 0 Å². The zero-order chi connectivity index (χ0) is 15.2. The van der Waals surface area contributed by atoms with Gasteiger partial charge in [0.25, 0.3) is 0 Å². The molecule has 0 aliphatic heterocycles. The first-order chi connectivity index (χ1) is 9.10. The number of nitrogens with one attached hydrogen (secondary N) is 1. The summed E-state index contributed by atoms with van der Waals surface area (Å²) < 4.78 is 63.2. The fourth-order valence-corrected chi connectivity index (χ4v) is 4.06. The fraction of sp³-hybridized carbons (Fsp3) is 0.455. The molecule has 112 valence electrons.